The Morgan fingerprint density at radius 2 is 1.06 bits per heavy atom. The van der Waals surface area contributed by atoms with Crippen LogP contribution in [0.4, 0.5) is 11.4 Å². The number of rotatable bonds is 6. The Morgan fingerprint density at radius 3 is 1.70 bits per heavy atom. The maximum atomic E-state index is 12.6. The Bertz CT molecular complexity index is 1300. The topological polar surface area (TPSA) is 95.5 Å². The van der Waals surface area contributed by atoms with Crippen LogP contribution in [-0.2, 0) is 0 Å². The van der Waals surface area contributed by atoms with Crippen LogP contribution < -0.4 is 10.6 Å². The van der Waals surface area contributed by atoms with Crippen LogP contribution >= 0.6 is 0 Å². The van der Waals surface area contributed by atoms with E-state index in [1.807, 2.05) is 42.5 Å². The molecule has 162 valence electrons. The van der Waals surface area contributed by atoms with Crippen LogP contribution in [0.2, 0.25) is 0 Å². The first-order chi connectivity index (χ1) is 16.0. The molecule has 0 unspecified atom stereocenters. The first-order valence-electron chi connectivity index (χ1n) is 10.2. The molecule has 4 aromatic rings. The number of carbonyl (C=O) groups is 3. The van der Waals surface area contributed by atoms with E-state index in [4.69, 9.17) is 0 Å². The smallest absolute Gasteiger partial charge is 0.337 e. The highest BCUT2D eigenvalue weighted by Gasteiger charge is 2.13. The predicted molar refractivity (Wildman–Crippen MR) is 128 cm³/mol. The minimum Gasteiger partial charge on any atom is -0.478 e. The highest BCUT2D eigenvalue weighted by molar-refractivity contribution is 6.08. The zero-order valence-corrected chi connectivity index (χ0v) is 17.5. The van der Waals surface area contributed by atoms with E-state index >= 15 is 0 Å². The van der Waals surface area contributed by atoms with Gasteiger partial charge >= 0.3 is 5.97 Å². The van der Waals surface area contributed by atoms with E-state index in [2.05, 4.69) is 10.6 Å². The summed E-state index contributed by atoms with van der Waals surface area (Å²) in [5.74, 6) is -1.83. The zero-order chi connectivity index (χ0) is 23.2. The highest BCUT2D eigenvalue weighted by atomic mass is 16.4. The zero-order valence-electron chi connectivity index (χ0n) is 17.5. The van der Waals surface area contributed by atoms with E-state index < -0.39 is 11.9 Å². The second-order valence-corrected chi connectivity index (χ2v) is 7.28. The van der Waals surface area contributed by atoms with Gasteiger partial charge in [0.05, 0.1) is 11.3 Å². The van der Waals surface area contributed by atoms with Gasteiger partial charge in [-0.3, -0.25) is 9.59 Å². The lowest BCUT2D eigenvalue weighted by Crippen LogP contribution is -2.15. The number of carboxylic acid groups (broad SMARTS) is 1. The van der Waals surface area contributed by atoms with Crippen molar-refractivity contribution in [2.24, 2.45) is 0 Å². The van der Waals surface area contributed by atoms with E-state index in [1.54, 1.807) is 48.5 Å². The van der Waals surface area contributed by atoms with Crippen LogP contribution in [0.1, 0.15) is 31.1 Å². The summed E-state index contributed by atoms with van der Waals surface area (Å²) in [5, 5.41) is 14.7. The number of hydrogen-bond donors (Lipinski definition) is 3. The molecule has 0 aliphatic rings. The number of carboxylic acids is 1. The molecule has 0 saturated carbocycles. The normalized spacial score (nSPS) is 10.3. The second-order valence-electron chi connectivity index (χ2n) is 7.28. The third-order valence-electron chi connectivity index (χ3n) is 5.06. The van der Waals surface area contributed by atoms with Gasteiger partial charge in [0.2, 0.25) is 0 Å². The largest absolute Gasteiger partial charge is 0.478 e. The summed E-state index contributed by atoms with van der Waals surface area (Å²) < 4.78 is 0. The van der Waals surface area contributed by atoms with Crippen LogP contribution in [0, 0.1) is 0 Å². The number of para-hydroxylation sites is 1. The Labute approximate surface area is 190 Å². The number of aromatic carboxylic acids is 1. The molecule has 4 aromatic carbocycles. The van der Waals surface area contributed by atoms with Crippen molar-refractivity contribution in [2.45, 2.75) is 0 Å². The quantitative estimate of drug-likeness (QED) is 0.369. The fraction of sp³-hybridized carbons (Fsp3) is 0. The minimum absolute atomic E-state index is 0.00742. The molecule has 0 atom stereocenters. The molecule has 33 heavy (non-hydrogen) atoms. The first-order valence-corrected chi connectivity index (χ1v) is 10.2. The van der Waals surface area contributed by atoms with Crippen molar-refractivity contribution in [3.8, 4) is 11.1 Å². The Balaban J connectivity index is 1.41. The molecule has 0 fully saturated rings. The number of carbonyl (C=O) groups excluding carboxylic acids is 2. The molecule has 0 bridgehead atoms. The summed E-state index contributed by atoms with van der Waals surface area (Å²) in [6.07, 6.45) is 0. The van der Waals surface area contributed by atoms with Crippen molar-refractivity contribution in [1.29, 1.82) is 0 Å². The third kappa shape index (κ3) is 5.14. The molecule has 6 heteroatoms. The molecule has 0 aliphatic heterocycles. The number of anilines is 2. The van der Waals surface area contributed by atoms with Crippen molar-refractivity contribution < 1.29 is 19.5 Å². The summed E-state index contributed by atoms with van der Waals surface area (Å²) in [7, 11) is 0. The lowest BCUT2D eigenvalue weighted by Gasteiger charge is -2.10. The maximum Gasteiger partial charge on any atom is 0.337 e. The monoisotopic (exact) mass is 436 g/mol. The predicted octanol–water partition coefficient (Wildman–Crippen LogP) is 5.56. The Hall–Kier alpha value is -4.71. The molecule has 2 amide bonds. The summed E-state index contributed by atoms with van der Waals surface area (Å²) in [6.45, 7) is 0. The first kappa shape index (κ1) is 21.5. The molecule has 0 heterocycles. The number of benzene rings is 4. The average Bonchev–Trinajstić information content (AvgIpc) is 2.85. The van der Waals surface area contributed by atoms with Crippen LogP contribution in [-0.4, -0.2) is 22.9 Å². The molecule has 0 spiro atoms. The van der Waals surface area contributed by atoms with Gasteiger partial charge in [0.1, 0.15) is 0 Å². The van der Waals surface area contributed by atoms with Crippen LogP contribution in [0.3, 0.4) is 0 Å². The summed E-state index contributed by atoms with van der Waals surface area (Å²) in [6, 6.07) is 29.8. The van der Waals surface area contributed by atoms with Gasteiger partial charge in [-0.15, -0.1) is 0 Å². The molecule has 0 radical (unpaired) electrons. The van der Waals surface area contributed by atoms with Crippen molar-refractivity contribution >= 4 is 29.2 Å². The van der Waals surface area contributed by atoms with Gasteiger partial charge in [-0.05, 0) is 59.7 Å². The number of nitrogens with one attached hydrogen (secondary N) is 2. The van der Waals surface area contributed by atoms with E-state index in [1.165, 1.54) is 12.1 Å². The molecule has 0 aromatic heterocycles. The van der Waals surface area contributed by atoms with Gasteiger partial charge in [0.25, 0.3) is 11.8 Å². The molecular weight excluding hydrogens is 416 g/mol. The third-order valence-corrected chi connectivity index (χ3v) is 5.06. The molecule has 3 N–H and O–H groups in total. The average molecular weight is 436 g/mol. The molecule has 4 rings (SSSR count). The van der Waals surface area contributed by atoms with Gasteiger partial charge in [0.15, 0.2) is 0 Å². The fourth-order valence-electron chi connectivity index (χ4n) is 3.33. The van der Waals surface area contributed by atoms with E-state index in [-0.39, 0.29) is 17.2 Å². The number of amides is 2. The Kier molecular flexibility index (Phi) is 6.27. The van der Waals surface area contributed by atoms with Gasteiger partial charge in [-0.1, -0.05) is 54.6 Å². The van der Waals surface area contributed by atoms with Crippen LogP contribution in [0.25, 0.3) is 11.1 Å². The molecule has 6 nitrogen and oxygen atoms in total. The summed E-state index contributed by atoms with van der Waals surface area (Å²) >= 11 is 0. The van der Waals surface area contributed by atoms with Crippen LogP contribution in [0.15, 0.2) is 103 Å². The standard InChI is InChI=1S/C27H20N2O4/c30-25(20-12-10-19(11-13-20)18-6-2-1-3-7-18)28-22-16-14-21(15-17-22)26(31)29-24-9-5-4-8-23(24)27(32)33/h1-17H,(H,28,30)(H,29,31)(H,32,33). The van der Waals surface area contributed by atoms with Crippen LogP contribution in [0.5, 0.6) is 0 Å². The van der Waals surface area contributed by atoms with Crippen molar-refractivity contribution in [3.05, 3.63) is 120 Å². The van der Waals surface area contributed by atoms with Gasteiger partial charge < -0.3 is 15.7 Å². The minimum atomic E-state index is -1.12. The van der Waals surface area contributed by atoms with Gasteiger partial charge in [0, 0.05) is 16.8 Å². The molecule has 0 aliphatic carbocycles. The van der Waals surface area contributed by atoms with Gasteiger partial charge in [-0.2, -0.15) is 0 Å². The second kappa shape index (κ2) is 9.62. The van der Waals surface area contributed by atoms with E-state index in [0.29, 0.717) is 16.8 Å². The molecule has 0 saturated heterocycles. The van der Waals surface area contributed by atoms with Crippen molar-refractivity contribution in [3.63, 3.8) is 0 Å². The summed E-state index contributed by atoms with van der Waals surface area (Å²) in [5.41, 5.74) is 3.70. The highest BCUT2D eigenvalue weighted by Crippen LogP contribution is 2.20. The SMILES string of the molecule is O=C(Nc1ccc(C(=O)Nc2ccccc2C(=O)O)cc1)c1ccc(-c2ccccc2)cc1. The van der Waals surface area contributed by atoms with E-state index in [9.17, 15) is 19.5 Å². The van der Waals surface area contributed by atoms with Gasteiger partial charge in [-0.25, -0.2) is 4.79 Å². The molecular formula is C27H20N2O4. The van der Waals surface area contributed by atoms with Crippen molar-refractivity contribution in [2.75, 3.05) is 10.6 Å². The Morgan fingerprint density at radius 1 is 0.545 bits per heavy atom. The van der Waals surface area contributed by atoms with E-state index in [0.717, 1.165) is 11.1 Å². The summed E-state index contributed by atoms with van der Waals surface area (Å²) in [4.78, 5) is 36.4. The maximum absolute atomic E-state index is 12.6. The lowest BCUT2D eigenvalue weighted by molar-refractivity contribution is 0.0697. The van der Waals surface area contributed by atoms with Crippen molar-refractivity contribution in [1.82, 2.24) is 0 Å². The number of hydrogen-bond acceptors (Lipinski definition) is 3. The lowest BCUT2D eigenvalue weighted by atomic mass is 10.0. The fourth-order valence-corrected chi connectivity index (χ4v) is 3.33.